The zero-order valence-corrected chi connectivity index (χ0v) is 14.1. The summed E-state index contributed by atoms with van der Waals surface area (Å²) in [6.45, 7) is 8.99. The summed E-state index contributed by atoms with van der Waals surface area (Å²) in [5, 5.41) is 7.76. The van der Waals surface area contributed by atoms with Crippen molar-refractivity contribution in [1.82, 2.24) is 15.1 Å². The van der Waals surface area contributed by atoms with E-state index in [-0.39, 0.29) is 11.3 Å². The van der Waals surface area contributed by atoms with Crippen molar-refractivity contribution in [2.45, 2.75) is 65.8 Å². The number of hydrogen-bond donors (Lipinski definition) is 1. The Morgan fingerprint density at radius 3 is 2.55 bits per heavy atom. The lowest BCUT2D eigenvalue weighted by Gasteiger charge is -2.21. The molecule has 5 heteroatoms. The van der Waals surface area contributed by atoms with Crippen LogP contribution in [-0.2, 0) is 6.42 Å². The minimum Gasteiger partial charge on any atom is -0.347 e. The quantitative estimate of drug-likeness (QED) is 0.910. The number of fused-ring (bicyclic) bond motifs is 1. The van der Waals surface area contributed by atoms with Gasteiger partial charge < -0.3 is 5.32 Å². The maximum Gasteiger partial charge on any atom is 0.257 e. The summed E-state index contributed by atoms with van der Waals surface area (Å²) in [6, 6.07) is 0.393. The summed E-state index contributed by atoms with van der Waals surface area (Å²) < 4.78 is 2.04. The van der Waals surface area contributed by atoms with E-state index in [9.17, 15) is 4.79 Å². The summed E-state index contributed by atoms with van der Waals surface area (Å²) in [7, 11) is 0. The molecule has 1 aliphatic carbocycles. The van der Waals surface area contributed by atoms with Gasteiger partial charge in [-0.15, -0.1) is 0 Å². The molecule has 0 saturated heterocycles. The Kier molecular flexibility index (Phi) is 3.83. The van der Waals surface area contributed by atoms with Gasteiger partial charge in [0, 0.05) is 11.1 Å². The molecule has 1 aromatic rings. The Balaban J connectivity index is 2.16. The van der Waals surface area contributed by atoms with Crippen molar-refractivity contribution in [1.29, 1.82) is 0 Å². The molecule has 0 unspecified atom stereocenters. The Morgan fingerprint density at radius 1 is 1.27 bits per heavy atom. The lowest BCUT2D eigenvalue weighted by Crippen LogP contribution is -2.34. The maximum atomic E-state index is 12.5. The number of aryl methyl sites for hydroxylation is 1. The van der Waals surface area contributed by atoms with E-state index in [2.05, 4.69) is 26.1 Å². The normalized spacial score (nSPS) is 19.6. The van der Waals surface area contributed by atoms with Crippen LogP contribution >= 0.6 is 0 Å². The van der Waals surface area contributed by atoms with Gasteiger partial charge in [-0.25, -0.2) is 9.67 Å². The second kappa shape index (κ2) is 5.52. The number of rotatable bonds is 2. The minimum absolute atomic E-state index is 0.0286. The molecule has 2 aliphatic rings. The molecule has 22 heavy (non-hydrogen) atoms. The topological polar surface area (TPSA) is 59.3 Å². The first kappa shape index (κ1) is 15.3. The summed E-state index contributed by atoms with van der Waals surface area (Å²) in [4.78, 5) is 17.5. The molecule has 1 fully saturated rings. The molecule has 0 atom stereocenters. The number of aromatic nitrogens is 2. The number of hydrogen-bond acceptors (Lipinski definition) is 3. The van der Waals surface area contributed by atoms with Gasteiger partial charge in [0.1, 0.15) is 5.56 Å². The lowest BCUT2D eigenvalue weighted by molar-refractivity contribution is 0.0959. The van der Waals surface area contributed by atoms with Gasteiger partial charge in [-0.05, 0) is 19.3 Å². The first-order valence-corrected chi connectivity index (χ1v) is 8.39. The third-order valence-corrected chi connectivity index (χ3v) is 4.71. The van der Waals surface area contributed by atoms with Gasteiger partial charge in [-0.2, -0.15) is 5.10 Å². The molecular formula is C17H26N4O. The number of nitrogens with zero attached hydrogens (tertiary/aromatic N) is 3. The first-order chi connectivity index (χ1) is 10.4. The highest BCUT2D eigenvalue weighted by atomic mass is 16.1. The van der Waals surface area contributed by atoms with Crippen molar-refractivity contribution in [3.05, 3.63) is 11.3 Å². The molecule has 1 N–H and O–H groups in total. The molecule has 0 bridgehead atoms. The Labute approximate surface area is 132 Å². The van der Waals surface area contributed by atoms with Gasteiger partial charge in [-0.1, -0.05) is 40.5 Å². The first-order valence-electron chi connectivity index (χ1n) is 8.39. The third kappa shape index (κ3) is 2.57. The van der Waals surface area contributed by atoms with Crippen LogP contribution in [0.2, 0.25) is 0 Å². The fourth-order valence-corrected chi connectivity index (χ4v) is 3.31. The fraction of sp³-hybridized carbons (Fsp3) is 0.706. The van der Waals surface area contributed by atoms with Gasteiger partial charge in [0.05, 0.1) is 18.3 Å². The number of carbonyl (C=O) groups excluding carboxylic acids is 1. The van der Waals surface area contributed by atoms with Crippen molar-refractivity contribution in [2.24, 2.45) is 10.4 Å². The van der Waals surface area contributed by atoms with E-state index in [4.69, 9.17) is 10.1 Å². The Bertz CT molecular complexity index is 615. The van der Waals surface area contributed by atoms with Crippen LogP contribution in [0.3, 0.4) is 0 Å². The lowest BCUT2D eigenvalue weighted by atomic mass is 9.90. The largest absolute Gasteiger partial charge is 0.347 e. The van der Waals surface area contributed by atoms with Gasteiger partial charge in [-0.3, -0.25) is 4.79 Å². The van der Waals surface area contributed by atoms with Crippen molar-refractivity contribution in [2.75, 3.05) is 6.54 Å². The third-order valence-electron chi connectivity index (χ3n) is 4.71. The zero-order valence-electron chi connectivity index (χ0n) is 14.1. The van der Waals surface area contributed by atoms with Crippen LogP contribution in [0.1, 0.15) is 75.5 Å². The molecular weight excluding hydrogens is 276 g/mol. The van der Waals surface area contributed by atoms with Gasteiger partial charge in [0.15, 0.2) is 5.82 Å². The SMILES string of the molecule is CCc1nn(C2CCCC2)c2c1C(=O)NCC(C(C)(C)C)=N2. The minimum atomic E-state index is -0.0634. The van der Waals surface area contributed by atoms with Crippen LogP contribution < -0.4 is 5.32 Å². The second-order valence-corrected chi connectivity index (χ2v) is 7.37. The van der Waals surface area contributed by atoms with E-state index in [1.165, 1.54) is 12.8 Å². The molecule has 3 rings (SSSR count). The fourth-order valence-electron chi connectivity index (χ4n) is 3.31. The summed E-state index contributed by atoms with van der Waals surface area (Å²) in [6.07, 6.45) is 5.51. The average Bonchev–Trinajstić information content (AvgIpc) is 3.05. The number of carbonyl (C=O) groups is 1. The predicted molar refractivity (Wildman–Crippen MR) is 88.0 cm³/mol. The van der Waals surface area contributed by atoms with Crippen LogP contribution in [0.15, 0.2) is 4.99 Å². The van der Waals surface area contributed by atoms with Crippen LogP contribution in [-0.4, -0.2) is 27.9 Å². The summed E-state index contributed by atoms with van der Waals surface area (Å²) in [5.74, 6) is 0.753. The van der Waals surface area contributed by atoms with E-state index in [1.807, 2.05) is 11.6 Å². The van der Waals surface area contributed by atoms with Gasteiger partial charge in [0.25, 0.3) is 5.91 Å². The number of nitrogens with one attached hydrogen (secondary N) is 1. The molecule has 1 amide bonds. The molecule has 1 saturated carbocycles. The van der Waals surface area contributed by atoms with Gasteiger partial charge >= 0.3 is 0 Å². The maximum absolute atomic E-state index is 12.5. The summed E-state index contributed by atoms with van der Waals surface area (Å²) >= 11 is 0. The standard InChI is InChI=1S/C17H26N4O/c1-5-12-14-15(21(20-12)11-8-6-7-9-11)19-13(17(2,3)4)10-18-16(14)22/h11H,5-10H2,1-4H3,(H,18,22). The highest BCUT2D eigenvalue weighted by Gasteiger charge is 2.32. The van der Waals surface area contributed by atoms with Crippen molar-refractivity contribution >= 4 is 17.4 Å². The van der Waals surface area contributed by atoms with E-state index < -0.39 is 0 Å². The predicted octanol–water partition coefficient (Wildman–Crippen LogP) is 3.42. The average molecular weight is 302 g/mol. The molecule has 5 nitrogen and oxygen atoms in total. The molecule has 0 radical (unpaired) electrons. The van der Waals surface area contributed by atoms with Crippen LogP contribution in [0.25, 0.3) is 0 Å². The molecule has 120 valence electrons. The van der Waals surface area contributed by atoms with Crippen molar-refractivity contribution in [3.63, 3.8) is 0 Å². The highest BCUT2D eigenvalue weighted by molar-refractivity contribution is 6.06. The monoisotopic (exact) mass is 302 g/mol. The second-order valence-electron chi connectivity index (χ2n) is 7.37. The van der Waals surface area contributed by atoms with E-state index in [0.717, 1.165) is 36.5 Å². The van der Waals surface area contributed by atoms with Gasteiger partial charge in [0.2, 0.25) is 0 Å². The number of amides is 1. The van der Waals surface area contributed by atoms with Crippen molar-refractivity contribution in [3.8, 4) is 0 Å². The Hall–Kier alpha value is -1.65. The molecule has 1 aliphatic heterocycles. The Morgan fingerprint density at radius 2 is 1.95 bits per heavy atom. The van der Waals surface area contributed by atoms with E-state index >= 15 is 0 Å². The molecule has 0 spiro atoms. The van der Waals surface area contributed by atoms with E-state index in [1.54, 1.807) is 0 Å². The van der Waals surface area contributed by atoms with Crippen LogP contribution in [0, 0.1) is 5.41 Å². The van der Waals surface area contributed by atoms with Crippen molar-refractivity contribution < 1.29 is 4.79 Å². The smallest absolute Gasteiger partial charge is 0.257 e. The molecule has 0 aromatic carbocycles. The zero-order chi connectivity index (χ0) is 15.9. The number of aliphatic imine (C=N–C) groups is 1. The van der Waals surface area contributed by atoms with Crippen LogP contribution in [0.5, 0.6) is 0 Å². The van der Waals surface area contributed by atoms with Crippen LogP contribution in [0.4, 0.5) is 5.82 Å². The summed E-state index contributed by atoms with van der Waals surface area (Å²) in [5.41, 5.74) is 2.51. The molecule has 1 aromatic heterocycles. The highest BCUT2D eigenvalue weighted by Crippen LogP contribution is 2.37. The van der Waals surface area contributed by atoms with E-state index in [0.29, 0.717) is 18.2 Å². The molecule has 2 heterocycles.